The Bertz CT molecular complexity index is 716. The van der Waals surface area contributed by atoms with Crippen LogP contribution in [0.4, 0.5) is 0 Å². The van der Waals surface area contributed by atoms with Crippen molar-refractivity contribution in [1.29, 1.82) is 0 Å². The first kappa shape index (κ1) is 12.0. The summed E-state index contributed by atoms with van der Waals surface area (Å²) in [6.45, 7) is 5.17. The van der Waals surface area contributed by atoms with E-state index in [1.807, 2.05) is 18.5 Å². The van der Waals surface area contributed by atoms with Crippen LogP contribution in [0.2, 0.25) is 0 Å². The first-order chi connectivity index (χ1) is 7.73. The number of hydrogen-bond acceptors (Lipinski definition) is 4. The number of pyridine rings is 1. The third-order valence-electron chi connectivity index (χ3n) is 2.87. The van der Waals surface area contributed by atoms with Gasteiger partial charge in [0.2, 0.25) is 10.0 Å². The molecule has 0 amide bonds. The van der Waals surface area contributed by atoms with Crippen LogP contribution in [0, 0.1) is 20.8 Å². The lowest BCUT2D eigenvalue weighted by molar-refractivity contribution is 0.596. The number of aryl methyl sites for hydroxylation is 4. The number of rotatable bonds is 1. The van der Waals surface area contributed by atoms with Crippen molar-refractivity contribution in [3.8, 4) is 0 Å². The van der Waals surface area contributed by atoms with E-state index >= 15 is 0 Å². The predicted molar refractivity (Wildman–Crippen MR) is 64.1 cm³/mol. The van der Waals surface area contributed by atoms with Crippen molar-refractivity contribution in [2.45, 2.75) is 25.7 Å². The van der Waals surface area contributed by atoms with Crippen molar-refractivity contribution in [3.63, 3.8) is 0 Å². The Morgan fingerprint density at radius 1 is 1.18 bits per heavy atom. The summed E-state index contributed by atoms with van der Waals surface area (Å²) in [6, 6.07) is 0. The van der Waals surface area contributed by atoms with E-state index < -0.39 is 10.0 Å². The summed E-state index contributed by atoms with van der Waals surface area (Å²) in [5, 5.41) is 5.19. The Morgan fingerprint density at radius 3 is 2.29 bits per heavy atom. The zero-order valence-electron chi connectivity index (χ0n) is 10.1. The second kappa shape index (κ2) is 3.51. The number of nitrogens with two attached hydrogens (primary N) is 1. The van der Waals surface area contributed by atoms with E-state index in [1.54, 1.807) is 13.8 Å². The third-order valence-corrected chi connectivity index (χ3v) is 4.04. The highest BCUT2D eigenvalue weighted by Gasteiger charge is 2.21. The van der Waals surface area contributed by atoms with E-state index in [-0.39, 0.29) is 4.90 Å². The van der Waals surface area contributed by atoms with E-state index in [0.29, 0.717) is 22.4 Å². The molecule has 0 atom stereocenters. The summed E-state index contributed by atoms with van der Waals surface area (Å²) >= 11 is 0. The number of nitrogens with zero attached hydrogens (tertiary/aromatic N) is 3. The number of aromatic nitrogens is 3. The molecule has 2 rings (SSSR count). The molecular formula is C10H14N4O2S. The van der Waals surface area contributed by atoms with Crippen LogP contribution in [-0.2, 0) is 17.1 Å². The maximum absolute atomic E-state index is 11.5. The van der Waals surface area contributed by atoms with Gasteiger partial charge in [-0.3, -0.25) is 0 Å². The Hall–Kier alpha value is -1.47. The minimum Gasteiger partial charge on any atom is -0.316 e. The Balaban J connectivity index is 3.01. The van der Waals surface area contributed by atoms with Crippen molar-refractivity contribution in [3.05, 3.63) is 17.1 Å². The van der Waals surface area contributed by atoms with E-state index in [2.05, 4.69) is 9.97 Å². The van der Waals surface area contributed by atoms with Gasteiger partial charge in [0.25, 0.3) is 0 Å². The standard InChI is InChI=1S/C10H14N4O2S/c1-5-8-10(14(4)7(3)13-8)12-6(2)9(5)17(11,15)16/h1-4H3,(H2,11,15,16). The minimum atomic E-state index is -3.77. The van der Waals surface area contributed by atoms with Gasteiger partial charge >= 0.3 is 0 Å². The van der Waals surface area contributed by atoms with Crippen LogP contribution < -0.4 is 5.14 Å². The molecule has 2 aromatic rings. The molecule has 0 fully saturated rings. The largest absolute Gasteiger partial charge is 0.316 e. The third kappa shape index (κ3) is 1.71. The van der Waals surface area contributed by atoms with E-state index in [0.717, 1.165) is 5.82 Å². The molecule has 0 saturated carbocycles. The van der Waals surface area contributed by atoms with Gasteiger partial charge in [-0.05, 0) is 20.8 Å². The van der Waals surface area contributed by atoms with Crippen LogP contribution in [-0.4, -0.2) is 23.0 Å². The number of fused-ring (bicyclic) bond motifs is 1. The SMILES string of the molecule is Cc1nc2c(nc(C)n2C)c(C)c1S(N)(=O)=O. The summed E-state index contributed by atoms with van der Waals surface area (Å²) in [4.78, 5) is 8.64. The second-order valence-corrected chi connectivity index (χ2v) is 5.58. The Kier molecular flexibility index (Phi) is 2.48. The second-order valence-electron chi connectivity index (χ2n) is 4.09. The minimum absolute atomic E-state index is 0.0723. The van der Waals surface area contributed by atoms with Gasteiger partial charge in [-0.2, -0.15) is 0 Å². The molecule has 2 N–H and O–H groups in total. The average Bonchev–Trinajstić information content (AvgIpc) is 2.43. The van der Waals surface area contributed by atoms with E-state index in [4.69, 9.17) is 5.14 Å². The van der Waals surface area contributed by atoms with E-state index in [9.17, 15) is 8.42 Å². The zero-order chi connectivity index (χ0) is 13.0. The maximum atomic E-state index is 11.5. The molecule has 0 aliphatic rings. The average molecular weight is 254 g/mol. The highest BCUT2D eigenvalue weighted by atomic mass is 32.2. The van der Waals surface area contributed by atoms with Crippen LogP contribution in [0.3, 0.4) is 0 Å². The molecule has 92 valence electrons. The monoisotopic (exact) mass is 254 g/mol. The summed E-state index contributed by atoms with van der Waals surface area (Å²) in [6.07, 6.45) is 0. The smallest absolute Gasteiger partial charge is 0.240 e. The topological polar surface area (TPSA) is 90.9 Å². The van der Waals surface area contributed by atoms with Gasteiger partial charge in [0.1, 0.15) is 16.2 Å². The number of primary sulfonamides is 1. The number of sulfonamides is 1. The van der Waals surface area contributed by atoms with Crippen molar-refractivity contribution >= 4 is 21.2 Å². The lowest BCUT2D eigenvalue weighted by Crippen LogP contribution is -2.16. The molecular weight excluding hydrogens is 240 g/mol. The van der Waals surface area contributed by atoms with Crippen LogP contribution >= 0.6 is 0 Å². The van der Waals surface area contributed by atoms with Gasteiger partial charge < -0.3 is 4.57 Å². The van der Waals surface area contributed by atoms with Crippen LogP contribution in [0.25, 0.3) is 11.2 Å². The lowest BCUT2D eigenvalue weighted by Gasteiger charge is -2.07. The normalized spacial score (nSPS) is 12.3. The molecule has 2 aromatic heterocycles. The lowest BCUT2D eigenvalue weighted by atomic mass is 10.2. The fourth-order valence-corrected chi connectivity index (χ4v) is 2.97. The van der Waals surface area contributed by atoms with Gasteiger partial charge in [-0.25, -0.2) is 23.5 Å². The molecule has 0 radical (unpaired) electrons. The maximum Gasteiger partial charge on any atom is 0.240 e. The molecule has 0 saturated heterocycles. The molecule has 2 heterocycles. The zero-order valence-corrected chi connectivity index (χ0v) is 11.0. The molecule has 0 unspecified atom stereocenters. The first-order valence-corrected chi connectivity index (χ1v) is 6.61. The predicted octanol–water partition coefficient (Wildman–Crippen LogP) is 0.541. The molecule has 0 aliphatic carbocycles. The Morgan fingerprint density at radius 2 is 1.76 bits per heavy atom. The quantitative estimate of drug-likeness (QED) is 0.804. The number of imidazole rings is 1. The molecule has 0 aliphatic heterocycles. The summed E-state index contributed by atoms with van der Waals surface area (Å²) in [5.74, 6) is 0.779. The molecule has 6 nitrogen and oxygen atoms in total. The Labute approximate surface area is 99.5 Å². The fraction of sp³-hybridized carbons (Fsp3) is 0.400. The van der Waals surface area contributed by atoms with Crippen molar-refractivity contribution in [1.82, 2.24) is 14.5 Å². The molecule has 7 heteroatoms. The van der Waals surface area contributed by atoms with Crippen molar-refractivity contribution in [2.24, 2.45) is 12.2 Å². The summed E-state index contributed by atoms with van der Waals surface area (Å²) in [7, 11) is -1.93. The summed E-state index contributed by atoms with van der Waals surface area (Å²) < 4.78 is 24.8. The molecule has 0 spiro atoms. The van der Waals surface area contributed by atoms with Crippen LogP contribution in [0.1, 0.15) is 17.1 Å². The molecule has 0 bridgehead atoms. The van der Waals surface area contributed by atoms with E-state index in [1.165, 1.54) is 0 Å². The molecule has 17 heavy (non-hydrogen) atoms. The van der Waals surface area contributed by atoms with Crippen molar-refractivity contribution in [2.75, 3.05) is 0 Å². The highest BCUT2D eigenvalue weighted by Crippen LogP contribution is 2.25. The van der Waals surface area contributed by atoms with Crippen molar-refractivity contribution < 1.29 is 8.42 Å². The van der Waals surface area contributed by atoms with Gasteiger partial charge in [0.15, 0.2) is 5.65 Å². The van der Waals surface area contributed by atoms with Gasteiger partial charge in [-0.15, -0.1) is 0 Å². The van der Waals surface area contributed by atoms with Gasteiger partial charge in [0.05, 0.1) is 5.69 Å². The van der Waals surface area contributed by atoms with Crippen LogP contribution in [0.15, 0.2) is 4.90 Å². The van der Waals surface area contributed by atoms with Gasteiger partial charge in [-0.1, -0.05) is 0 Å². The number of hydrogen-bond donors (Lipinski definition) is 1. The first-order valence-electron chi connectivity index (χ1n) is 5.06. The summed E-state index contributed by atoms with van der Waals surface area (Å²) in [5.41, 5.74) is 2.21. The van der Waals surface area contributed by atoms with Gasteiger partial charge in [0, 0.05) is 12.6 Å². The molecule has 0 aromatic carbocycles. The fourth-order valence-electron chi connectivity index (χ4n) is 1.99. The highest BCUT2D eigenvalue weighted by molar-refractivity contribution is 7.89. The van der Waals surface area contributed by atoms with Crippen LogP contribution in [0.5, 0.6) is 0 Å².